The molecule has 1 aromatic carbocycles. The van der Waals surface area contributed by atoms with E-state index in [1.54, 1.807) is 24.0 Å². The zero-order valence-electron chi connectivity index (χ0n) is 13.4. The molecule has 23 heavy (non-hydrogen) atoms. The molecule has 0 aliphatic heterocycles. The summed E-state index contributed by atoms with van der Waals surface area (Å²) in [6, 6.07) is 6.25. The maximum atomic E-state index is 11.6. The summed E-state index contributed by atoms with van der Waals surface area (Å²) in [6.45, 7) is 4.59. The van der Waals surface area contributed by atoms with Gasteiger partial charge in [-0.25, -0.2) is 13.6 Å². The van der Waals surface area contributed by atoms with Crippen LogP contribution in [0.2, 0.25) is 0 Å². The van der Waals surface area contributed by atoms with Crippen molar-refractivity contribution in [1.29, 1.82) is 0 Å². The number of nitrogens with one attached hydrogen (secondary N) is 1. The largest absolute Gasteiger partial charge is 0.354 e. The van der Waals surface area contributed by atoms with Crippen molar-refractivity contribution in [2.45, 2.75) is 31.6 Å². The summed E-state index contributed by atoms with van der Waals surface area (Å²) >= 11 is 0. The maximum absolute atomic E-state index is 11.6. The number of sulfonamides is 1. The van der Waals surface area contributed by atoms with E-state index >= 15 is 0 Å². The summed E-state index contributed by atoms with van der Waals surface area (Å²) < 4.78 is 22.4. The molecule has 0 unspecified atom stereocenters. The molecular formula is C15H23N3O4S. The lowest BCUT2D eigenvalue weighted by molar-refractivity contribution is -0.129. The van der Waals surface area contributed by atoms with Gasteiger partial charge in [0, 0.05) is 33.0 Å². The summed E-state index contributed by atoms with van der Waals surface area (Å²) in [7, 11) is -3.69. The fourth-order valence-electron chi connectivity index (χ4n) is 1.99. The molecule has 7 nitrogen and oxygen atoms in total. The molecule has 0 aromatic heterocycles. The number of nitrogens with two attached hydrogens (primary N) is 1. The zero-order chi connectivity index (χ0) is 17.5. The highest BCUT2D eigenvalue weighted by atomic mass is 32.2. The number of carbonyl (C=O) groups excluding carboxylic acids is 2. The van der Waals surface area contributed by atoms with Gasteiger partial charge in [-0.1, -0.05) is 19.1 Å². The molecule has 0 aliphatic rings. The number of nitrogens with zero attached hydrogens (tertiary/aromatic N) is 1. The van der Waals surface area contributed by atoms with Gasteiger partial charge in [0.05, 0.1) is 4.90 Å². The Kier molecular flexibility index (Phi) is 7.18. The van der Waals surface area contributed by atoms with Gasteiger partial charge in [0.2, 0.25) is 21.8 Å². The molecule has 0 fully saturated rings. The molecule has 0 atom stereocenters. The molecule has 0 saturated heterocycles. The Hall–Kier alpha value is -1.93. The van der Waals surface area contributed by atoms with E-state index in [4.69, 9.17) is 5.14 Å². The fourth-order valence-corrected chi connectivity index (χ4v) is 2.51. The normalized spacial score (nSPS) is 11.1. The Balaban J connectivity index is 2.55. The molecule has 8 heteroatoms. The van der Waals surface area contributed by atoms with Crippen molar-refractivity contribution in [2.75, 3.05) is 19.6 Å². The van der Waals surface area contributed by atoms with Gasteiger partial charge in [-0.2, -0.15) is 0 Å². The molecular weight excluding hydrogens is 318 g/mol. The van der Waals surface area contributed by atoms with E-state index in [1.165, 1.54) is 19.1 Å². The predicted molar refractivity (Wildman–Crippen MR) is 87.1 cm³/mol. The Morgan fingerprint density at radius 1 is 1.17 bits per heavy atom. The van der Waals surface area contributed by atoms with Crippen LogP contribution in [0.1, 0.15) is 25.8 Å². The second-order valence-electron chi connectivity index (χ2n) is 5.15. The third-order valence-corrected chi connectivity index (χ3v) is 4.32. The Labute approximate surface area is 136 Å². The zero-order valence-corrected chi connectivity index (χ0v) is 14.2. The van der Waals surface area contributed by atoms with Crippen LogP contribution in [0.25, 0.3) is 0 Å². The van der Waals surface area contributed by atoms with Gasteiger partial charge in [0.25, 0.3) is 0 Å². The van der Waals surface area contributed by atoms with Crippen LogP contribution in [-0.4, -0.2) is 44.8 Å². The second kappa shape index (κ2) is 8.64. The molecule has 3 N–H and O–H groups in total. The van der Waals surface area contributed by atoms with Crippen molar-refractivity contribution >= 4 is 21.8 Å². The first-order valence-electron chi connectivity index (χ1n) is 7.38. The number of primary sulfonamides is 1. The van der Waals surface area contributed by atoms with Gasteiger partial charge in [-0.3, -0.25) is 9.59 Å². The first kappa shape index (κ1) is 19.1. The van der Waals surface area contributed by atoms with Crippen LogP contribution in [0.4, 0.5) is 0 Å². The molecule has 128 valence electrons. The van der Waals surface area contributed by atoms with E-state index < -0.39 is 10.0 Å². The van der Waals surface area contributed by atoms with Gasteiger partial charge < -0.3 is 10.2 Å². The van der Waals surface area contributed by atoms with E-state index in [0.29, 0.717) is 32.5 Å². The summed E-state index contributed by atoms with van der Waals surface area (Å²) in [6.07, 6.45) is 1.00. The van der Waals surface area contributed by atoms with Gasteiger partial charge in [0.15, 0.2) is 0 Å². The van der Waals surface area contributed by atoms with E-state index in [2.05, 4.69) is 5.32 Å². The summed E-state index contributed by atoms with van der Waals surface area (Å²) in [4.78, 5) is 24.5. The maximum Gasteiger partial charge on any atom is 0.238 e. The van der Waals surface area contributed by atoms with Crippen LogP contribution in [0.5, 0.6) is 0 Å². The van der Waals surface area contributed by atoms with E-state index in [-0.39, 0.29) is 16.7 Å². The van der Waals surface area contributed by atoms with E-state index in [0.717, 1.165) is 5.56 Å². The van der Waals surface area contributed by atoms with E-state index in [9.17, 15) is 18.0 Å². The first-order valence-corrected chi connectivity index (χ1v) is 8.92. The van der Waals surface area contributed by atoms with Crippen LogP contribution >= 0.6 is 0 Å². The van der Waals surface area contributed by atoms with Crippen LogP contribution in [0.15, 0.2) is 29.2 Å². The second-order valence-corrected chi connectivity index (χ2v) is 6.71. The Morgan fingerprint density at radius 2 is 1.78 bits per heavy atom. The Morgan fingerprint density at radius 3 is 2.26 bits per heavy atom. The van der Waals surface area contributed by atoms with Crippen molar-refractivity contribution < 1.29 is 18.0 Å². The summed E-state index contributed by atoms with van der Waals surface area (Å²) in [5.41, 5.74) is 0.904. The molecule has 2 amide bonds. The molecule has 0 saturated carbocycles. The molecule has 1 aromatic rings. The van der Waals surface area contributed by atoms with Crippen LogP contribution in [0.3, 0.4) is 0 Å². The molecule has 0 radical (unpaired) electrons. The Bertz CT molecular complexity index is 641. The number of rotatable bonds is 8. The lowest BCUT2D eigenvalue weighted by Crippen LogP contribution is -2.38. The highest BCUT2D eigenvalue weighted by Gasteiger charge is 2.10. The lowest BCUT2D eigenvalue weighted by Gasteiger charge is -2.21. The van der Waals surface area contributed by atoms with Crippen molar-refractivity contribution in [1.82, 2.24) is 10.2 Å². The highest BCUT2D eigenvalue weighted by Crippen LogP contribution is 2.09. The average Bonchev–Trinajstić information content (AvgIpc) is 2.49. The SMILES string of the molecule is CCC(=O)NCCN(CCc1ccc(S(N)(=O)=O)cc1)C(C)=O. The number of hydrogen-bond donors (Lipinski definition) is 2. The predicted octanol–water partition coefficient (Wildman–Crippen LogP) is 0.251. The minimum absolute atomic E-state index is 0.0490. The highest BCUT2D eigenvalue weighted by molar-refractivity contribution is 7.89. The topological polar surface area (TPSA) is 110 Å². The standard InChI is InChI=1S/C15H23N3O4S/c1-3-15(20)17-9-11-18(12(2)19)10-8-13-4-6-14(7-5-13)23(16,21)22/h4-7H,3,8-11H2,1-2H3,(H,17,20)(H2,16,21,22). The smallest absolute Gasteiger partial charge is 0.238 e. The van der Waals surface area contributed by atoms with Crippen LogP contribution < -0.4 is 10.5 Å². The van der Waals surface area contributed by atoms with Gasteiger partial charge in [-0.15, -0.1) is 0 Å². The first-order chi connectivity index (χ1) is 10.7. The number of amides is 2. The van der Waals surface area contributed by atoms with Gasteiger partial charge in [-0.05, 0) is 24.1 Å². The molecule has 0 heterocycles. The third kappa shape index (κ3) is 6.79. The molecule has 0 spiro atoms. The molecule has 1 rings (SSSR count). The number of benzene rings is 1. The minimum atomic E-state index is -3.69. The lowest BCUT2D eigenvalue weighted by atomic mass is 10.1. The summed E-state index contributed by atoms with van der Waals surface area (Å²) in [5.74, 6) is -0.121. The third-order valence-electron chi connectivity index (χ3n) is 3.39. The number of carbonyl (C=O) groups is 2. The average molecular weight is 341 g/mol. The minimum Gasteiger partial charge on any atom is -0.354 e. The fraction of sp³-hybridized carbons (Fsp3) is 0.467. The number of hydrogen-bond acceptors (Lipinski definition) is 4. The van der Waals surface area contributed by atoms with Crippen molar-refractivity contribution in [3.8, 4) is 0 Å². The van der Waals surface area contributed by atoms with Crippen LogP contribution in [-0.2, 0) is 26.0 Å². The van der Waals surface area contributed by atoms with E-state index in [1.807, 2.05) is 0 Å². The monoisotopic (exact) mass is 341 g/mol. The van der Waals surface area contributed by atoms with Crippen molar-refractivity contribution in [2.24, 2.45) is 5.14 Å². The van der Waals surface area contributed by atoms with Gasteiger partial charge >= 0.3 is 0 Å². The van der Waals surface area contributed by atoms with Crippen LogP contribution in [0, 0.1) is 0 Å². The molecule has 0 bridgehead atoms. The van der Waals surface area contributed by atoms with Crippen molar-refractivity contribution in [3.63, 3.8) is 0 Å². The van der Waals surface area contributed by atoms with Crippen molar-refractivity contribution in [3.05, 3.63) is 29.8 Å². The van der Waals surface area contributed by atoms with Gasteiger partial charge in [0.1, 0.15) is 0 Å². The molecule has 0 aliphatic carbocycles. The quantitative estimate of drug-likeness (QED) is 0.706. The summed E-state index contributed by atoms with van der Waals surface area (Å²) in [5, 5.41) is 7.77.